The number of likely N-dealkylation sites (N-methyl/N-ethyl adjacent to an activating group) is 2. The van der Waals surface area contributed by atoms with E-state index < -0.39 is 5.41 Å². The van der Waals surface area contributed by atoms with E-state index >= 15 is 0 Å². The number of aromatic nitrogens is 3. The molecule has 3 aliphatic carbocycles. The third-order valence-electron chi connectivity index (χ3n) is 21.7. The number of fused-ring (bicyclic) bond motifs is 14. The average Bonchev–Trinajstić information content (AvgIpc) is 4.09. The van der Waals surface area contributed by atoms with Gasteiger partial charge in [-0.1, -0.05) is 76.4 Å². The summed E-state index contributed by atoms with van der Waals surface area (Å²) in [4.78, 5) is 59.7. The van der Waals surface area contributed by atoms with Gasteiger partial charge in [0.15, 0.2) is 0 Å². The van der Waals surface area contributed by atoms with Crippen LogP contribution in [0.3, 0.4) is 0 Å². The maximum absolute atomic E-state index is 14.8. The Bertz CT molecular complexity index is 3300. The number of carbonyl (C=O) groups excluding carboxylic acids is 3. The fourth-order valence-electron chi connectivity index (χ4n) is 18.5. The van der Waals surface area contributed by atoms with E-state index in [4.69, 9.17) is 18.9 Å². The molecule has 6 aromatic rings. The molecule has 8 heterocycles. The molecule has 13 heteroatoms. The summed E-state index contributed by atoms with van der Waals surface area (Å²) in [5.74, 6) is 0.866. The zero-order valence-corrected chi connectivity index (χ0v) is 46.8. The van der Waals surface area contributed by atoms with Gasteiger partial charge in [-0.2, -0.15) is 0 Å². The summed E-state index contributed by atoms with van der Waals surface area (Å²) in [6.45, 7) is 10.6. The molecule has 0 amide bonds. The molecule has 4 saturated heterocycles. The summed E-state index contributed by atoms with van der Waals surface area (Å²) in [7, 11) is 10.9. The van der Waals surface area contributed by atoms with E-state index in [2.05, 4.69) is 125 Å². The topological polar surface area (TPSA) is 134 Å². The van der Waals surface area contributed by atoms with Crippen LogP contribution in [0.2, 0.25) is 0 Å². The maximum atomic E-state index is 14.8. The predicted molar refractivity (Wildman–Crippen MR) is 299 cm³/mol. The van der Waals surface area contributed by atoms with E-state index in [1.165, 1.54) is 38.9 Å². The summed E-state index contributed by atoms with van der Waals surface area (Å²) in [6.07, 6.45) is 8.46. The van der Waals surface area contributed by atoms with Crippen LogP contribution in [0.25, 0.3) is 32.7 Å². The third-order valence-corrected chi connectivity index (χ3v) is 21.7. The molecule has 8 aliphatic rings. The maximum Gasteiger partial charge on any atom is 0.319 e. The van der Waals surface area contributed by atoms with E-state index in [1.54, 1.807) is 28.4 Å². The van der Waals surface area contributed by atoms with Crippen molar-refractivity contribution in [2.75, 3.05) is 68.7 Å². The number of benzene rings is 3. The third kappa shape index (κ3) is 7.43. The molecule has 2 N–H and O–H groups in total. The number of hydrogen-bond acceptors (Lipinski definition) is 10. The van der Waals surface area contributed by atoms with E-state index in [0.717, 1.165) is 110 Å². The summed E-state index contributed by atoms with van der Waals surface area (Å²) >= 11 is 0. The van der Waals surface area contributed by atoms with E-state index in [0.29, 0.717) is 31.1 Å². The summed E-state index contributed by atoms with van der Waals surface area (Å²) in [5, 5.41) is 3.52. The highest BCUT2D eigenvalue weighted by Gasteiger charge is 2.63. The van der Waals surface area contributed by atoms with Crippen LogP contribution in [0, 0.1) is 47.3 Å². The molecule has 1 saturated carbocycles. The Labute approximate surface area is 453 Å². The molecule has 15 atom stereocenters. The van der Waals surface area contributed by atoms with Crippen LogP contribution in [0.4, 0.5) is 0 Å². The molecule has 8 bridgehead atoms. The van der Waals surface area contributed by atoms with Gasteiger partial charge in [0.05, 0.1) is 46.3 Å². The van der Waals surface area contributed by atoms with Crippen molar-refractivity contribution in [2.45, 2.75) is 120 Å². The second-order valence-corrected chi connectivity index (χ2v) is 24.8. The van der Waals surface area contributed by atoms with Gasteiger partial charge in [0, 0.05) is 112 Å². The number of para-hydroxylation sites is 2. The van der Waals surface area contributed by atoms with Crippen molar-refractivity contribution in [1.82, 2.24) is 29.2 Å². The van der Waals surface area contributed by atoms with Crippen molar-refractivity contribution in [2.24, 2.45) is 47.3 Å². The van der Waals surface area contributed by atoms with Crippen LogP contribution in [-0.2, 0) is 53.3 Å². The minimum atomic E-state index is -0.805. The summed E-state index contributed by atoms with van der Waals surface area (Å²) < 4.78 is 27.1. The Kier molecular flexibility index (Phi) is 12.8. The standard InChI is InChI=1S/C64H80N6O7/c1-10-35-23-34-30-64(63(73)77-9)59-40(21-22-69(31-34)60(35)64)43-25-44(54(74-6)29-49(43)66-59)46-24-41-36(11-2)32-68(5)52(55(41)61(71)75-7)28-47-39-18-14-16-20-50(39)70(58(46)47)53-26-42-37(12-3)33-67(4)51(56(42)62(72)76-8)27-45-38-17-13-15-19-48(38)65-57(45)53/h13-20,25,29,34-37,41-42,46,51-53,55-56,60,65-66H,10-12,21-24,26-28,30-33H2,1-9H3/t34-,35-,36+,37+,41-,42-,46-,51-,52-,53-,55?,56?,60-,64+/m0/s1. The van der Waals surface area contributed by atoms with Crippen LogP contribution in [0.1, 0.15) is 117 Å². The fraction of sp³-hybridized carbons (Fsp3) is 0.578. The molecule has 0 radical (unpaired) electrons. The lowest BCUT2D eigenvalue weighted by Gasteiger charge is -2.57. The molecule has 13 nitrogen and oxygen atoms in total. The number of hydrogen-bond donors (Lipinski definition) is 2. The van der Waals surface area contributed by atoms with Crippen molar-refractivity contribution < 1.29 is 33.3 Å². The Morgan fingerprint density at radius 2 is 1.32 bits per heavy atom. The van der Waals surface area contributed by atoms with Crippen LogP contribution in [0.5, 0.6) is 5.75 Å². The second-order valence-electron chi connectivity index (χ2n) is 24.8. The Morgan fingerprint density at radius 3 is 1.99 bits per heavy atom. The lowest BCUT2D eigenvalue weighted by molar-refractivity contribution is -0.162. The van der Waals surface area contributed by atoms with Gasteiger partial charge in [-0.05, 0) is 129 Å². The molecule has 5 fully saturated rings. The van der Waals surface area contributed by atoms with Crippen LogP contribution < -0.4 is 4.74 Å². The van der Waals surface area contributed by atoms with Crippen molar-refractivity contribution in [1.29, 1.82) is 0 Å². The Morgan fingerprint density at radius 1 is 0.675 bits per heavy atom. The molecule has 14 rings (SSSR count). The van der Waals surface area contributed by atoms with E-state index in [1.807, 2.05) is 0 Å². The van der Waals surface area contributed by atoms with Gasteiger partial charge in [0.25, 0.3) is 0 Å². The van der Waals surface area contributed by atoms with Gasteiger partial charge in [-0.15, -0.1) is 0 Å². The minimum absolute atomic E-state index is 0.00181. The van der Waals surface area contributed by atoms with Crippen molar-refractivity contribution in [3.8, 4) is 5.75 Å². The highest BCUT2D eigenvalue weighted by atomic mass is 16.5. The van der Waals surface area contributed by atoms with Gasteiger partial charge in [-0.3, -0.25) is 19.3 Å². The molecule has 3 aromatic carbocycles. The van der Waals surface area contributed by atoms with Gasteiger partial charge >= 0.3 is 17.9 Å². The number of likely N-dealkylation sites (tertiary alicyclic amines) is 2. The number of esters is 3. The molecule has 0 spiro atoms. The first-order chi connectivity index (χ1) is 37.4. The SMILES string of the molecule is CC[C@@H]1CN(C)[C@H]2Cc3c([nH]c4ccccc34)[C@@H](n3c4c(c5ccccc53)C[C@H]3C(C(=O)OC)[C@@H](C[C@H]4c4cc5c6c([nH]c5cc4OC)[C@]4(C(=O)OC)C[C@@H]5C[C@H](CC)[C@@H]4N(CC6)C5)[C@H](CC)CN3C)C[C@@H]1C2C(=O)OC. The number of nitrogens with zero attached hydrogens (tertiary/aromatic N) is 4. The monoisotopic (exact) mass is 1040 g/mol. The van der Waals surface area contributed by atoms with Crippen LogP contribution in [0.15, 0.2) is 60.7 Å². The molecule has 5 aliphatic heterocycles. The molecule has 408 valence electrons. The molecule has 77 heavy (non-hydrogen) atoms. The summed E-state index contributed by atoms with van der Waals surface area (Å²) in [5.41, 5.74) is 10.8. The first kappa shape index (κ1) is 50.8. The normalized spacial score (nSPS) is 33.7. The first-order valence-corrected chi connectivity index (χ1v) is 29.2. The lowest BCUT2D eigenvalue weighted by atomic mass is 9.56. The summed E-state index contributed by atoms with van der Waals surface area (Å²) in [6, 6.07) is 22.1. The average molecular weight is 1050 g/mol. The van der Waals surface area contributed by atoms with Crippen LogP contribution >= 0.6 is 0 Å². The highest BCUT2D eigenvalue weighted by molar-refractivity contribution is 5.94. The second kappa shape index (κ2) is 19.3. The van der Waals surface area contributed by atoms with Crippen molar-refractivity contribution in [3.63, 3.8) is 0 Å². The van der Waals surface area contributed by atoms with Crippen LogP contribution in [-0.4, -0.2) is 134 Å². The van der Waals surface area contributed by atoms with Gasteiger partial charge in [-0.25, -0.2) is 0 Å². The number of carbonyl (C=O) groups is 3. The minimum Gasteiger partial charge on any atom is -0.496 e. The van der Waals surface area contributed by atoms with E-state index in [9.17, 15) is 14.4 Å². The van der Waals surface area contributed by atoms with Crippen molar-refractivity contribution >= 4 is 50.6 Å². The first-order valence-electron chi connectivity index (χ1n) is 29.2. The number of aromatic amines is 2. The van der Waals surface area contributed by atoms with Gasteiger partial charge < -0.3 is 43.3 Å². The number of piperidine rings is 4. The Balaban J connectivity index is 1.11. The molecular weight excluding hydrogens is 965 g/mol. The van der Waals surface area contributed by atoms with Crippen molar-refractivity contribution in [3.05, 3.63) is 100.0 Å². The molecule has 3 unspecified atom stereocenters. The number of H-pyrrole nitrogens is 2. The number of rotatable bonds is 9. The fourth-order valence-corrected chi connectivity index (χ4v) is 18.5. The quantitative estimate of drug-likeness (QED) is 0.107. The zero-order chi connectivity index (χ0) is 53.3. The van der Waals surface area contributed by atoms with Gasteiger partial charge in [0.2, 0.25) is 0 Å². The molecule has 3 aromatic heterocycles. The Hall–Kier alpha value is -5.63. The predicted octanol–water partition coefficient (Wildman–Crippen LogP) is 9.80. The van der Waals surface area contributed by atoms with E-state index in [-0.39, 0.29) is 83.5 Å². The highest BCUT2D eigenvalue weighted by Crippen LogP contribution is 2.58. The van der Waals surface area contributed by atoms with Gasteiger partial charge in [0.1, 0.15) is 11.2 Å². The number of methoxy groups -OCH3 is 4. The largest absolute Gasteiger partial charge is 0.496 e. The molecular formula is C64H80N6O7. The smallest absolute Gasteiger partial charge is 0.319 e. The number of nitrogens with one attached hydrogen (secondary N) is 2. The number of ether oxygens (including phenoxy) is 4. The lowest BCUT2D eigenvalue weighted by Crippen LogP contribution is -2.67. The zero-order valence-electron chi connectivity index (χ0n) is 46.8.